The second-order valence-electron chi connectivity index (χ2n) is 13.9. The maximum absolute atomic E-state index is 14.5. The van der Waals surface area contributed by atoms with Crippen molar-refractivity contribution in [2.75, 3.05) is 50.0 Å². The first-order valence-electron chi connectivity index (χ1n) is 16.8. The van der Waals surface area contributed by atoms with Crippen molar-refractivity contribution in [3.05, 3.63) is 42.1 Å². The first-order valence-corrected chi connectivity index (χ1v) is 18.5. The summed E-state index contributed by atoms with van der Waals surface area (Å²) in [4.78, 5) is 28.8. The number of ether oxygens (including phenoxy) is 2. The number of benzene rings is 1. The van der Waals surface area contributed by atoms with Crippen molar-refractivity contribution >= 4 is 21.7 Å². The zero-order valence-electron chi connectivity index (χ0n) is 27.5. The molecule has 1 aliphatic carbocycles. The topological polar surface area (TPSA) is 137 Å². The van der Waals surface area contributed by atoms with Crippen LogP contribution in [0.4, 0.5) is 10.2 Å². The molecule has 2 aromatic rings. The van der Waals surface area contributed by atoms with Gasteiger partial charge in [-0.25, -0.2) is 27.5 Å². The Morgan fingerprint density at radius 3 is 2.60 bits per heavy atom. The summed E-state index contributed by atoms with van der Waals surface area (Å²) in [5.41, 5.74) is 0.305. The van der Waals surface area contributed by atoms with Crippen molar-refractivity contribution < 1.29 is 32.2 Å². The summed E-state index contributed by atoms with van der Waals surface area (Å²) in [5.74, 6) is 0.496. The summed E-state index contributed by atoms with van der Waals surface area (Å²) in [5, 5.41) is 9.86. The Morgan fingerprint density at radius 2 is 1.96 bits per heavy atom. The van der Waals surface area contributed by atoms with Gasteiger partial charge in [-0.3, -0.25) is 4.79 Å². The van der Waals surface area contributed by atoms with Gasteiger partial charge < -0.3 is 29.3 Å². The van der Waals surface area contributed by atoms with Crippen molar-refractivity contribution in [3.63, 3.8) is 0 Å². The smallest absolute Gasteiger partial charge is 0.258 e. The van der Waals surface area contributed by atoms with Crippen LogP contribution in [-0.2, 0) is 14.8 Å². The van der Waals surface area contributed by atoms with Gasteiger partial charge in [0.15, 0.2) is 11.6 Å². The number of aromatic nitrogens is 2. The zero-order chi connectivity index (χ0) is 33.3. The highest BCUT2D eigenvalue weighted by atomic mass is 32.2. The van der Waals surface area contributed by atoms with E-state index in [0.29, 0.717) is 31.0 Å². The number of nitrogens with one attached hydrogen (secondary N) is 1. The number of sulfonamides is 1. The van der Waals surface area contributed by atoms with Gasteiger partial charge >= 0.3 is 0 Å². The molecule has 6 rings (SSSR count). The second kappa shape index (κ2) is 13.9. The Labute approximate surface area is 276 Å². The number of anilines is 1. The number of amides is 1. The van der Waals surface area contributed by atoms with Gasteiger partial charge in [-0.2, -0.15) is 0 Å². The van der Waals surface area contributed by atoms with Crippen LogP contribution < -0.4 is 14.4 Å². The van der Waals surface area contributed by atoms with Crippen LogP contribution >= 0.6 is 0 Å². The molecule has 1 saturated carbocycles. The molecule has 0 unspecified atom stereocenters. The molecule has 2 N–H and O–H groups in total. The third-order valence-corrected chi connectivity index (χ3v) is 11.6. The van der Waals surface area contributed by atoms with Crippen molar-refractivity contribution in [1.82, 2.24) is 24.5 Å². The molecule has 4 fully saturated rings. The molecule has 1 amide bonds. The Kier molecular flexibility index (Phi) is 10.1. The van der Waals surface area contributed by atoms with E-state index in [1.54, 1.807) is 18.0 Å². The fraction of sp³-hybridized carbons (Fsp3) is 0.667. The third kappa shape index (κ3) is 7.72. The minimum atomic E-state index is -3.23. The van der Waals surface area contributed by atoms with E-state index in [9.17, 15) is 22.7 Å². The van der Waals surface area contributed by atoms with Gasteiger partial charge in [0.25, 0.3) is 5.91 Å². The van der Waals surface area contributed by atoms with E-state index in [0.717, 1.165) is 58.4 Å². The lowest BCUT2D eigenvalue weighted by molar-refractivity contribution is -0.0299. The predicted molar refractivity (Wildman–Crippen MR) is 175 cm³/mol. The van der Waals surface area contributed by atoms with Crippen LogP contribution in [0.15, 0.2) is 30.7 Å². The van der Waals surface area contributed by atoms with Gasteiger partial charge in [-0.15, -0.1) is 0 Å². The largest absolute Gasteiger partial charge is 0.451 e. The van der Waals surface area contributed by atoms with E-state index in [4.69, 9.17) is 9.47 Å². The average Bonchev–Trinajstić information content (AvgIpc) is 3.01. The fourth-order valence-corrected chi connectivity index (χ4v) is 8.21. The molecule has 4 aliphatic rings. The summed E-state index contributed by atoms with van der Waals surface area (Å²) < 4.78 is 53.3. The molecule has 12 nitrogen and oxygen atoms in total. The fourth-order valence-electron chi connectivity index (χ4n) is 7.35. The minimum Gasteiger partial charge on any atom is -0.451 e. The summed E-state index contributed by atoms with van der Waals surface area (Å²) in [6.07, 6.45) is 7.47. The van der Waals surface area contributed by atoms with E-state index >= 15 is 0 Å². The molecular formula is C33H47FN6O6S. The number of aliphatic hydroxyl groups is 1. The highest BCUT2D eigenvalue weighted by molar-refractivity contribution is 7.89. The third-order valence-electron chi connectivity index (χ3n) is 10.2. The Bertz CT molecular complexity index is 1520. The van der Waals surface area contributed by atoms with Crippen LogP contribution in [0.3, 0.4) is 0 Å². The van der Waals surface area contributed by atoms with E-state index in [-0.39, 0.29) is 52.6 Å². The van der Waals surface area contributed by atoms with E-state index < -0.39 is 21.9 Å². The summed E-state index contributed by atoms with van der Waals surface area (Å²) in [6.45, 7) is 10.3. The Hall–Kier alpha value is -2.91. The lowest BCUT2D eigenvalue weighted by Crippen LogP contribution is -2.61. The quantitative estimate of drug-likeness (QED) is 0.366. The van der Waals surface area contributed by atoms with Crippen LogP contribution in [0, 0.1) is 11.2 Å². The lowest BCUT2D eigenvalue weighted by atomic mass is 9.72. The number of likely N-dealkylation sites (tertiary alicyclic amines) is 1. The molecule has 47 heavy (non-hydrogen) atoms. The predicted octanol–water partition coefficient (Wildman–Crippen LogP) is 3.17. The van der Waals surface area contributed by atoms with Crippen molar-refractivity contribution in [2.45, 2.75) is 89.6 Å². The van der Waals surface area contributed by atoms with Gasteiger partial charge in [-0.05, 0) is 90.6 Å². The maximum Gasteiger partial charge on any atom is 0.258 e. The summed E-state index contributed by atoms with van der Waals surface area (Å²) in [7, 11) is -3.23. The Balaban J connectivity index is 1.04. The zero-order valence-corrected chi connectivity index (χ0v) is 28.3. The second-order valence-corrected chi connectivity index (χ2v) is 16.0. The lowest BCUT2D eigenvalue weighted by Gasteiger charge is -2.54. The number of hydrogen-bond acceptors (Lipinski definition) is 10. The van der Waals surface area contributed by atoms with Crippen LogP contribution in [0.5, 0.6) is 11.5 Å². The molecule has 3 aliphatic heterocycles. The van der Waals surface area contributed by atoms with Gasteiger partial charge in [0.1, 0.15) is 17.9 Å². The van der Waals surface area contributed by atoms with E-state index in [2.05, 4.69) is 24.5 Å². The van der Waals surface area contributed by atoms with Gasteiger partial charge in [0, 0.05) is 43.2 Å². The van der Waals surface area contributed by atoms with Crippen LogP contribution in [0.25, 0.3) is 0 Å². The van der Waals surface area contributed by atoms with Gasteiger partial charge in [0.05, 0.1) is 36.3 Å². The highest BCUT2D eigenvalue weighted by Gasteiger charge is 2.46. The van der Waals surface area contributed by atoms with Crippen LogP contribution in [0.1, 0.15) is 69.7 Å². The first-order chi connectivity index (χ1) is 22.4. The van der Waals surface area contributed by atoms with Gasteiger partial charge in [0.2, 0.25) is 10.0 Å². The van der Waals surface area contributed by atoms with E-state index in [1.165, 1.54) is 24.5 Å². The first kappa shape index (κ1) is 34.0. The molecule has 3 saturated heterocycles. The molecule has 1 aromatic heterocycles. The van der Waals surface area contributed by atoms with E-state index in [1.807, 2.05) is 13.8 Å². The molecule has 14 heteroatoms. The molecular weight excluding hydrogens is 627 g/mol. The number of aliphatic hydroxyl groups excluding tert-OH is 1. The minimum absolute atomic E-state index is 0.0757. The summed E-state index contributed by atoms with van der Waals surface area (Å²) in [6, 6.07) is 3.57. The molecule has 1 spiro atoms. The van der Waals surface area contributed by atoms with Crippen LogP contribution in [0.2, 0.25) is 0 Å². The van der Waals surface area contributed by atoms with Crippen molar-refractivity contribution in [3.8, 4) is 11.5 Å². The average molecular weight is 675 g/mol. The number of halogens is 1. The molecule has 2 atom stereocenters. The number of hydrogen-bond donors (Lipinski definition) is 2. The standard InChI is InChI=1S/C33H47FN6O6S/c1-4-47(43,44)37-24-6-7-27(45-18-24)17-38-11-9-33(10-12-38)19-39(20-33)31-30(16-35-21-36-31)46-29-8-5-23(34)13-28(29)32(42)40(22(2)3)25-14-26(41)15-25/h5,8,13,16,21-22,24-27,37,41H,4,6-7,9-12,14-15,17-20H2,1-3H3/t24-,25-,26-,27+/m1/s1. The SMILES string of the molecule is CCS(=O)(=O)N[C@@H]1CC[C@@H](CN2CCC3(CC2)CN(c2ncncc2Oc2ccc(F)cc2C(=O)N(C(C)C)[C@H]2C[C@H](O)C2)C3)OC1. The molecule has 1 aromatic carbocycles. The summed E-state index contributed by atoms with van der Waals surface area (Å²) >= 11 is 0. The molecule has 0 bridgehead atoms. The van der Waals surface area contributed by atoms with Gasteiger partial charge in [-0.1, -0.05) is 0 Å². The highest BCUT2D eigenvalue weighted by Crippen LogP contribution is 2.45. The van der Waals surface area contributed by atoms with Crippen molar-refractivity contribution in [2.24, 2.45) is 5.41 Å². The number of rotatable bonds is 11. The molecule has 0 radical (unpaired) electrons. The number of piperidine rings is 1. The maximum atomic E-state index is 14.5. The number of carbonyl (C=O) groups is 1. The molecule has 4 heterocycles. The number of carbonyl (C=O) groups excluding carboxylic acids is 1. The normalized spacial score (nSPS) is 26.1. The number of nitrogens with zero attached hydrogens (tertiary/aromatic N) is 5. The molecule has 258 valence electrons. The Morgan fingerprint density at radius 1 is 1.21 bits per heavy atom. The van der Waals surface area contributed by atoms with Crippen molar-refractivity contribution in [1.29, 1.82) is 0 Å². The monoisotopic (exact) mass is 674 g/mol. The van der Waals surface area contributed by atoms with Crippen LogP contribution in [-0.4, -0.2) is 115 Å².